The summed E-state index contributed by atoms with van der Waals surface area (Å²) >= 11 is 0. The Bertz CT molecular complexity index is 4840. The van der Waals surface area contributed by atoms with Gasteiger partial charge in [-0.2, -0.15) is 4.39 Å². The average Bonchev–Trinajstić information content (AvgIpc) is 1.55. The first kappa shape index (κ1) is 88.4. The first-order valence-electron chi connectivity index (χ1n) is 36.6. The molecule has 0 heterocycles. The number of fused-ring (bicyclic) bond motifs is 3. The topological polar surface area (TPSA) is 210 Å². The van der Waals surface area contributed by atoms with E-state index < -0.39 is 160 Å². The number of ether oxygens (including phenoxy) is 8. The second-order valence-corrected chi connectivity index (χ2v) is 49.5. The number of halogens is 7. The molecule has 27 heteroatoms. The lowest BCUT2D eigenvalue weighted by Gasteiger charge is -2.23. The van der Waals surface area contributed by atoms with E-state index >= 15 is 30.7 Å². The van der Waals surface area contributed by atoms with Gasteiger partial charge >= 0.3 is 47.8 Å². The second-order valence-electron chi connectivity index (χ2n) is 30.2. The van der Waals surface area contributed by atoms with Gasteiger partial charge in [-0.15, -0.1) is 0 Å². The Hall–Kier alpha value is -11.1. The Morgan fingerprint density at radius 3 is 0.974 bits per heavy atom. The summed E-state index contributed by atoms with van der Waals surface area (Å²) in [6, 6.07) is 37.9. The molecule has 0 bridgehead atoms. The summed E-state index contributed by atoms with van der Waals surface area (Å²) in [6.07, 6.45) is 7.09. The summed E-state index contributed by atoms with van der Waals surface area (Å²) in [6.45, 7) is 34.8. The molecule has 0 aliphatic heterocycles. The summed E-state index contributed by atoms with van der Waals surface area (Å²) in [7, 11) is -7.82. The maximum Gasteiger partial charge on any atom is 0.346 e. The number of hydrogen-bond donors (Lipinski definition) is 0. The molecular weight excluding hydrogens is 1550 g/mol. The third-order valence-electron chi connectivity index (χ3n) is 20.1. The summed E-state index contributed by atoms with van der Waals surface area (Å²) in [5, 5.41) is 4.16. The Labute approximate surface area is 661 Å². The van der Waals surface area contributed by atoms with Crippen LogP contribution in [0.1, 0.15) is 92.1 Å². The molecule has 0 aromatic heterocycles. The molecule has 0 radical (unpaired) electrons. The summed E-state index contributed by atoms with van der Waals surface area (Å²) in [5.41, 5.74) is -3.99. The number of benzene rings is 8. The van der Waals surface area contributed by atoms with E-state index in [1.807, 2.05) is 12.1 Å². The number of carbonyl (C=O) groups is 8. The van der Waals surface area contributed by atoms with Crippen molar-refractivity contribution >= 4 is 101 Å². The van der Waals surface area contributed by atoms with Crippen LogP contribution >= 0.6 is 0 Å². The molecule has 1 aliphatic rings. The van der Waals surface area contributed by atoms with Crippen molar-refractivity contribution in [1.82, 2.24) is 0 Å². The largest absolute Gasteiger partial charge is 0.463 e. The van der Waals surface area contributed by atoms with Gasteiger partial charge in [-0.3, -0.25) is 0 Å². The standard InChI is InChI=1S/C45H46F4O8Si2.C42H43F3O8Si2/c1-9-35(50)54-21-11-23-58(5,6)29-17-13-27(14-18-29)56-43(52)31-25-33-37(41(48)39(31)46)38-34(45(33,3)4)26-32(40(47)42(38)49)44(53)57-28-15-19-30(20-16-28)59(7,8)24-12-22-55-36(51)10-2;1-7-37(46)50-23-9-25-54(3,4)31-16-11-28(12-17-31)41(48)52-35-21-15-30(27-34(35)43)33-20-22-36(40(45)39(33)44)53-42(49)29-13-18-32(19-14-29)55(5,6)26-10-24-51-38(47)8-2/h9-10,13-20,25-26H,1-2,11-12,21-24H2,3-8H3;7-8,11-22,27H,1-2,9-10,23-26H2,3-6H3. The van der Waals surface area contributed by atoms with E-state index in [4.69, 9.17) is 37.9 Å². The fraction of sp³-hybridized carbons (Fsp3) is 0.264. The molecule has 0 N–H and O–H groups in total. The normalized spacial score (nSPS) is 12.1. The molecule has 0 saturated heterocycles. The quantitative estimate of drug-likeness (QED) is 0.00712. The van der Waals surface area contributed by atoms with Crippen LogP contribution in [0.5, 0.6) is 23.0 Å². The number of rotatable bonds is 33. The van der Waals surface area contributed by atoms with E-state index in [1.54, 1.807) is 98.8 Å². The highest BCUT2D eigenvalue weighted by atomic mass is 28.3. The molecule has 1 aliphatic carbocycles. The summed E-state index contributed by atoms with van der Waals surface area (Å²) in [5.74, 6) is -17.0. The van der Waals surface area contributed by atoms with Crippen LogP contribution in [0.3, 0.4) is 0 Å². The van der Waals surface area contributed by atoms with Crippen LogP contribution in [-0.2, 0) is 43.5 Å². The number of hydrogen-bond acceptors (Lipinski definition) is 16. The molecule has 598 valence electrons. The molecule has 114 heavy (non-hydrogen) atoms. The molecule has 8 aromatic carbocycles. The van der Waals surface area contributed by atoms with Crippen molar-refractivity contribution in [2.45, 2.75) is 121 Å². The van der Waals surface area contributed by atoms with Crippen LogP contribution in [0.2, 0.25) is 76.6 Å². The molecule has 0 amide bonds. The molecule has 8 aromatic rings. The summed E-state index contributed by atoms with van der Waals surface area (Å²) < 4.78 is 150. The zero-order valence-corrected chi connectivity index (χ0v) is 69.1. The van der Waals surface area contributed by atoms with Gasteiger partial charge in [0.15, 0.2) is 46.4 Å². The zero-order chi connectivity index (χ0) is 83.8. The van der Waals surface area contributed by atoms with Crippen molar-refractivity contribution in [3.8, 4) is 45.3 Å². The predicted octanol–water partition coefficient (Wildman–Crippen LogP) is 17.3. The molecule has 0 unspecified atom stereocenters. The first-order valence-corrected chi connectivity index (χ1v) is 49.4. The highest BCUT2D eigenvalue weighted by molar-refractivity contribution is 6.91. The summed E-state index contributed by atoms with van der Waals surface area (Å²) in [4.78, 5) is 97.5. The molecule has 16 nitrogen and oxygen atoms in total. The van der Waals surface area contributed by atoms with Gasteiger partial charge in [-0.05, 0) is 127 Å². The highest BCUT2D eigenvalue weighted by Crippen LogP contribution is 2.53. The Morgan fingerprint density at radius 2 is 0.658 bits per heavy atom. The lowest BCUT2D eigenvalue weighted by Crippen LogP contribution is -2.41. The minimum absolute atomic E-state index is 0.00901. The molecule has 0 saturated carbocycles. The SMILES string of the molecule is C=CC(=O)OCCC[Si](C)(C)c1ccc(C(=O)Oc2ccc(-c3ccc(OC(=O)c4ccc([Si](C)(C)CCCOC(=O)C=C)cc4)c(F)c3F)cc2F)cc1.C=CC(=O)OCCC[Si](C)(C)c1ccc(OC(=O)c2cc3c(c(F)c2F)-c2c(cc(C(=O)Oc4ccc([Si](C)(C)CCCOC(=O)C=C)cc4)c(F)c2F)C3(C)C)cc1. The van der Waals surface area contributed by atoms with Crippen LogP contribution in [0.15, 0.2) is 190 Å². The molecule has 0 spiro atoms. The van der Waals surface area contributed by atoms with Crippen LogP contribution in [0.25, 0.3) is 22.3 Å². The van der Waals surface area contributed by atoms with E-state index in [0.29, 0.717) is 25.7 Å². The van der Waals surface area contributed by atoms with E-state index in [9.17, 15) is 38.4 Å². The van der Waals surface area contributed by atoms with Crippen LogP contribution in [-0.4, -0.2) is 106 Å². The fourth-order valence-corrected chi connectivity index (χ4v) is 22.6. The van der Waals surface area contributed by atoms with E-state index in [0.717, 1.165) is 106 Å². The predicted molar refractivity (Wildman–Crippen MR) is 432 cm³/mol. The second kappa shape index (κ2) is 38.1. The van der Waals surface area contributed by atoms with Crippen LogP contribution in [0.4, 0.5) is 30.7 Å². The Morgan fingerprint density at radius 1 is 0.351 bits per heavy atom. The zero-order valence-electron chi connectivity index (χ0n) is 65.1. The first-order chi connectivity index (χ1) is 53.8. The van der Waals surface area contributed by atoms with Gasteiger partial charge in [0.2, 0.25) is 5.82 Å². The van der Waals surface area contributed by atoms with Crippen molar-refractivity contribution < 1.29 is 107 Å². The molecule has 9 rings (SSSR count). The third-order valence-corrected chi connectivity index (χ3v) is 34.1. The Balaban J connectivity index is 0.000000286. The van der Waals surface area contributed by atoms with Crippen molar-refractivity contribution in [2.75, 3.05) is 26.4 Å². The van der Waals surface area contributed by atoms with Gasteiger partial charge in [0.05, 0.1) is 81.0 Å². The van der Waals surface area contributed by atoms with E-state index in [-0.39, 0.29) is 71.3 Å². The third kappa shape index (κ3) is 21.8. The molecular formula is C87H89F7O16Si4. The lowest BCUT2D eigenvalue weighted by molar-refractivity contribution is -0.138. The van der Waals surface area contributed by atoms with Gasteiger partial charge in [-0.1, -0.05) is 192 Å². The number of carbonyl (C=O) groups excluding carboxylic acids is 8. The van der Waals surface area contributed by atoms with Crippen molar-refractivity contribution in [2.24, 2.45) is 0 Å². The van der Waals surface area contributed by atoms with Crippen molar-refractivity contribution in [3.05, 3.63) is 264 Å². The van der Waals surface area contributed by atoms with E-state index in [2.05, 4.69) is 78.7 Å². The van der Waals surface area contributed by atoms with Crippen LogP contribution < -0.4 is 39.7 Å². The van der Waals surface area contributed by atoms with Gasteiger partial charge in [0, 0.05) is 46.4 Å². The van der Waals surface area contributed by atoms with Crippen molar-refractivity contribution in [1.29, 1.82) is 0 Å². The fourth-order valence-electron chi connectivity index (χ4n) is 13.0. The minimum Gasteiger partial charge on any atom is -0.463 e. The maximum atomic E-state index is 16.0. The Kier molecular flexibility index (Phi) is 29.6. The highest BCUT2D eigenvalue weighted by Gasteiger charge is 2.44. The van der Waals surface area contributed by atoms with Crippen molar-refractivity contribution in [3.63, 3.8) is 0 Å². The lowest BCUT2D eigenvalue weighted by atomic mass is 9.81. The van der Waals surface area contributed by atoms with Crippen LogP contribution in [0, 0.1) is 40.7 Å². The van der Waals surface area contributed by atoms with Gasteiger partial charge in [0.25, 0.3) is 0 Å². The maximum absolute atomic E-state index is 16.0. The van der Waals surface area contributed by atoms with E-state index in [1.165, 1.54) is 6.07 Å². The van der Waals surface area contributed by atoms with Gasteiger partial charge < -0.3 is 37.9 Å². The molecule has 0 fully saturated rings. The molecule has 0 atom stereocenters. The van der Waals surface area contributed by atoms with Gasteiger partial charge in [-0.25, -0.2) is 64.7 Å². The number of esters is 8. The minimum atomic E-state index is -1.99. The monoisotopic (exact) mass is 1630 g/mol. The average molecular weight is 1640 g/mol. The van der Waals surface area contributed by atoms with Gasteiger partial charge in [0.1, 0.15) is 11.5 Å². The smallest absolute Gasteiger partial charge is 0.346 e.